The Balaban J connectivity index is 2.58. The van der Waals surface area contributed by atoms with Gasteiger partial charge in [-0.1, -0.05) is 0 Å². The predicted molar refractivity (Wildman–Crippen MR) is 70.4 cm³/mol. The third-order valence-corrected chi connectivity index (χ3v) is 5.18. The smallest absolute Gasteiger partial charge is 0.303 e. The van der Waals surface area contributed by atoms with E-state index in [1.54, 1.807) is 0 Å². The van der Waals surface area contributed by atoms with Gasteiger partial charge in [-0.3, -0.25) is 9.69 Å². The Morgan fingerprint density at radius 3 is 2.61 bits per heavy atom. The molecular weight excluding hydrogens is 254 g/mol. The Bertz CT molecular complexity index is 378. The molecule has 0 aliphatic carbocycles. The van der Waals surface area contributed by atoms with Crippen LogP contribution in [0.4, 0.5) is 0 Å². The van der Waals surface area contributed by atoms with Crippen molar-refractivity contribution in [2.24, 2.45) is 0 Å². The molecule has 1 heterocycles. The summed E-state index contributed by atoms with van der Waals surface area (Å²) in [6, 6.07) is 0.301. The molecular formula is C12H23NO4S. The number of nitrogens with zero attached hydrogens (tertiary/aromatic N) is 1. The van der Waals surface area contributed by atoms with Gasteiger partial charge in [-0.25, -0.2) is 8.42 Å². The Morgan fingerprint density at radius 2 is 2.11 bits per heavy atom. The zero-order valence-corrected chi connectivity index (χ0v) is 11.9. The zero-order chi connectivity index (χ0) is 13.8. The number of rotatable bonds is 6. The van der Waals surface area contributed by atoms with Crippen LogP contribution < -0.4 is 0 Å². The van der Waals surface area contributed by atoms with Crippen molar-refractivity contribution < 1.29 is 18.3 Å². The SMILES string of the molecule is CC(C)N(CCCC(=O)O)C1CCCS(=O)(=O)C1. The van der Waals surface area contributed by atoms with Gasteiger partial charge in [0.1, 0.15) is 0 Å². The number of hydrogen-bond acceptors (Lipinski definition) is 4. The molecule has 0 radical (unpaired) electrons. The first-order valence-electron chi connectivity index (χ1n) is 6.50. The number of carboxylic acid groups (broad SMARTS) is 1. The van der Waals surface area contributed by atoms with Crippen LogP contribution in [0, 0.1) is 0 Å². The molecule has 0 amide bonds. The lowest BCUT2D eigenvalue weighted by Gasteiger charge is -2.36. The van der Waals surface area contributed by atoms with Gasteiger partial charge in [-0.2, -0.15) is 0 Å². The average molecular weight is 277 g/mol. The van der Waals surface area contributed by atoms with E-state index in [2.05, 4.69) is 4.90 Å². The predicted octanol–water partition coefficient (Wildman–Crippen LogP) is 1.14. The maximum atomic E-state index is 11.6. The van der Waals surface area contributed by atoms with E-state index in [1.165, 1.54) is 0 Å². The van der Waals surface area contributed by atoms with Gasteiger partial charge in [0.25, 0.3) is 0 Å². The van der Waals surface area contributed by atoms with Crippen LogP contribution in [0.25, 0.3) is 0 Å². The highest BCUT2D eigenvalue weighted by Crippen LogP contribution is 2.20. The third kappa shape index (κ3) is 4.94. The topological polar surface area (TPSA) is 74.7 Å². The molecule has 1 rings (SSSR count). The summed E-state index contributed by atoms with van der Waals surface area (Å²) in [5.74, 6) is -0.280. The molecule has 1 saturated heterocycles. The molecule has 1 aliphatic heterocycles. The Morgan fingerprint density at radius 1 is 1.44 bits per heavy atom. The molecule has 0 aromatic heterocycles. The second-order valence-corrected chi connectivity index (χ2v) is 7.47. The minimum absolute atomic E-state index is 0.0533. The molecule has 106 valence electrons. The largest absolute Gasteiger partial charge is 0.481 e. The molecule has 1 aliphatic rings. The van der Waals surface area contributed by atoms with Crippen LogP contribution in [0.3, 0.4) is 0 Å². The average Bonchev–Trinajstić information content (AvgIpc) is 2.21. The Hall–Kier alpha value is -0.620. The van der Waals surface area contributed by atoms with Gasteiger partial charge in [0, 0.05) is 18.5 Å². The first-order valence-corrected chi connectivity index (χ1v) is 8.32. The summed E-state index contributed by atoms with van der Waals surface area (Å²) in [4.78, 5) is 12.7. The van der Waals surface area contributed by atoms with E-state index in [-0.39, 0.29) is 24.3 Å². The summed E-state index contributed by atoms with van der Waals surface area (Å²) < 4.78 is 23.3. The molecule has 6 heteroatoms. The van der Waals surface area contributed by atoms with E-state index >= 15 is 0 Å². The maximum Gasteiger partial charge on any atom is 0.303 e. The highest BCUT2D eigenvalue weighted by atomic mass is 32.2. The number of hydrogen-bond donors (Lipinski definition) is 1. The van der Waals surface area contributed by atoms with Crippen LogP contribution in [0.1, 0.15) is 39.5 Å². The summed E-state index contributed by atoms with van der Waals surface area (Å²) >= 11 is 0. The standard InChI is InChI=1S/C12H23NO4S/c1-10(2)13(7-3-6-12(14)15)11-5-4-8-18(16,17)9-11/h10-11H,3-9H2,1-2H3,(H,14,15). The second kappa shape index (κ2) is 6.52. The number of sulfone groups is 1. The van der Waals surface area contributed by atoms with Crippen molar-refractivity contribution in [1.29, 1.82) is 0 Å². The van der Waals surface area contributed by atoms with Gasteiger partial charge >= 0.3 is 5.97 Å². The van der Waals surface area contributed by atoms with Crippen molar-refractivity contribution in [3.8, 4) is 0 Å². The molecule has 0 aromatic carbocycles. The first kappa shape index (κ1) is 15.4. The fourth-order valence-electron chi connectivity index (χ4n) is 2.54. The van der Waals surface area contributed by atoms with E-state index in [9.17, 15) is 13.2 Å². The van der Waals surface area contributed by atoms with Crippen molar-refractivity contribution >= 4 is 15.8 Å². The van der Waals surface area contributed by atoms with E-state index in [0.29, 0.717) is 18.7 Å². The fraction of sp³-hybridized carbons (Fsp3) is 0.917. The van der Waals surface area contributed by atoms with E-state index in [1.807, 2.05) is 13.8 Å². The van der Waals surface area contributed by atoms with E-state index in [0.717, 1.165) is 12.8 Å². The van der Waals surface area contributed by atoms with Crippen LogP contribution in [0.15, 0.2) is 0 Å². The molecule has 1 atom stereocenters. The van der Waals surface area contributed by atoms with Crippen LogP contribution in [-0.2, 0) is 14.6 Å². The van der Waals surface area contributed by atoms with Crippen LogP contribution in [0.2, 0.25) is 0 Å². The first-order chi connectivity index (χ1) is 8.32. The summed E-state index contributed by atoms with van der Waals surface area (Å²) in [5, 5.41) is 8.64. The molecule has 1 N–H and O–H groups in total. The summed E-state index contributed by atoms with van der Waals surface area (Å²) in [5.41, 5.74) is 0. The van der Waals surface area contributed by atoms with Gasteiger partial charge in [-0.15, -0.1) is 0 Å². The van der Waals surface area contributed by atoms with Crippen molar-refractivity contribution in [1.82, 2.24) is 4.90 Å². The van der Waals surface area contributed by atoms with Gasteiger partial charge < -0.3 is 5.11 Å². The van der Waals surface area contributed by atoms with Gasteiger partial charge in [0.15, 0.2) is 9.84 Å². The normalized spacial score (nSPS) is 23.4. The Labute approximate surface area is 109 Å². The van der Waals surface area contributed by atoms with Crippen molar-refractivity contribution in [2.75, 3.05) is 18.1 Å². The van der Waals surface area contributed by atoms with Gasteiger partial charge in [-0.05, 0) is 39.7 Å². The lowest BCUT2D eigenvalue weighted by atomic mass is 10.1. The molecule has 0 aromatic rings. The molecule has 0 spiro atoms. The van der Waals surface area contributed by atoms with Crippen molar-refractivity contribution in [3.63, 3.8) is 0 Å². The van der Waals surface area contributed by atoms with Gasteiger partial charge in [0.05, 0.1) is 11.5 Å². The Kier molecular flexibility index (Phi) is 5.59. The summed E-state index contributed by atoms with van der Waals surface area (Å²) in [7, 11) is -2.91. The maximum absolute atomic E-state index is 11.6. The second-order valence-electron chi connectivity index (χ2n) is 5.24. The van der Waals surface area contributed by atoms with E-state index in [4.69, 9.17) is 5.11 Å². The highest BCUT2D eigenvalue weighted by molar-refractivity contribution is 7.91. The van der Waals surface area contributed by atoms with Crippen LogP contribution >= 0.6 is 0 Å². The number of carboxylic acids is 1. The molecule has 1 fully saturated rings. The third-order valence-electron chi connectivity index (χ3n) is 3.38. The van der Waals surface area contributed by atoms with Crippen LogP contribution in [0.5, 0.6) is 0 Å². The van der Waals surface area contributed by atoms with Gasteiger partial charge in [0.2, 0.25) is 0 Å². The molecule has 0 bridgehead atoms. The number of carbonyl (C=O) groups is 1. The van der Waals surface area contributed by atoms with E-state index < -0.39 is 15.8 Å². The highest BCUT2D eigenvalue weighted by Gasteiger charge is 2.30. The summed E-state index contributed by atoms with van der Waals surface area (Å²) in [6.07, 6.45) is 2.33. The quantitative estimate of drug-likeness (QED) is 0.788. The zero-order valence-electron chi connectivity index (χ0n) is 11.1. The summed E-state index contributed by atoms with van der Waals surface area (Å²) in [6.45, 7) is 4.72. The minimum Gasteiger partial charge on any atom is -0.481 e. The van der Waals surface area contributed by atoms with Crippen LogP contribution in [-0.4, -0.2) is 54.5 Å². The lowest BCUT2D eigenvalue weighted by molar-refractivity contribution is -0.137. The van der Waals surface area contributed by atoms with Crippen molar-refractivity contribution in [3.05, 3.63) is 0 Å². The lowest BCUT2D eigenvalue weighted by Crippen LogP contribution is -2.47. The fourth-order valence-corrected chi connectivity index (χ4v) is 4.25. The monoisotopic (exact) mass is 277 g/mol. The van der Waals surface area contributed by atoms with Crippen molar-refractivity contribution in [2.45, 2.75) is 51.6 Å². The minimum atomic E-state index is -2.91. The molecule has 5 nitrogen and oxygen atoms in total. The number of aliphatic carboxylic acids is 1. The molecule has 0 saturated carbocycles. The molecule has 1 unspecified atom stereocenters. The molecule has 18 heavy (non-hydrogen) atoms.